The number of methoxy groups -OCH3 is 1. The molecule has 4 nitrogen and oxygen atoms in total. The molecule has 1 aliphatic rings. The van der Waals surface area contributed by atoms with Crippen LogP contribution >= 0.6 is 7.92 Å². The zero-order valence-electron chi connectivity index (χ0n) is 23.1. The SMILES string of the molecule is COC(=O)[C]1[CH][C](c2ccccc2)[CH][C]1C.C[C-]=O.[C-]#[O+].[Fe+2].c1ccc(P(c2ccccc2)c2ccccc2)cc1. The van der Waals surface area contributed by atoms with E-state index in [-0.39, 0.29) is 23.0 Å². The van der Waals surface area contributed by atoms with Gasteiger partial charge in [0.2, 0.25) is 0 Å². The molecule has 0 atom stereocenters. The molecule has 1 saturated carbocycles. The maximum atomic E-state index is 11.5. The Bertz CT molecular complexity index is 1170. The minimum atomic E-state index is -0.446. The van der Waals surface area contributed by atoms with Gasteiger partial charge in [0.15, 0.2) is 0 Å². The molecule has 4 aromatic carbocycles. The van der Waals surface area contributed by atoms with Crippen LogP contribution in [0.1, 0.15) is 19.4 Å². The fraction of sp³-hybridized carbons (Fsp3) is 0.0857. The monoisotopic (exact) mass is 602 g/mol. The molecule has 0 N–H and O–H groups in total. The van der Waals surface area contributed by atoms with Crippen LogP contribution in [-0.4, -0.2) is 19.4 Å². The van der Waals surface area contributed by atoms with Gasteiger partial charge in [-0.15, -0.1) is 0 Å². The Hall–Kier alpha value is -3.29. The van der Waals surface area contributed by atoms with E-state index in [1.165, 1.54) is 36.2 Å². The number of rotatable bonds is 5. The number of hydrogen-bond acceptors (Lipinski definition) is 3. The molecule has 6 heteroatoms. The average molecular weight is 602 g/mol. The molecule has 41 heavy (non-hydrogen) atoms. The van der Waals surface area contributed by atoms with E-state index in [1.807, 2.05) is 50.1 Å². The number of carbonyl (C=O) groups is 1. The first kappa shape index (κ1) is 35.7. The van der Waals surface area contributed by atoms with Gasteiger partial charge in [-0.2, -0.15) is 6.92 Å². The number of ether oxygens (including phenoxy) is 1. The number of benzene rings is 4. The van der Waals surface area contributed by atoms with Gasteiger partial charge in [-0.3, -0.25) is 11.1 Å². The third-order valence-electron chi connectivity index (χ3n) is 5.65. The maximum absolute atomic E-state index is 11.5. The van der Waals surface area contributed by atoms with Gasteiger partial charge in [-0.1, -0.05) is 128 Å². The van der Waals surface area contributed by atoms with E-state index in [0.717, 1.165) is 17.4 Å². The molecule has 0 saturated heterocycles. The molecule has 5 rings (SSSR count). The third kappa shape index (κ3) is 11.2. The van der Waals surface area contributed by atoms with Crippen molar-refractivity contribution >= 4 is 36.1 Å². The van der Waals surface area contributed by atoms with Crippen molar-refractivity contribution < 1.29 is 36.0 Å². The van der Waals surface area contributed by atoms with E-state index < -0.39 is 7.92 Å². The summed E-state index contributed by atoms with van der Waals surface area (Å²) in [6.45, 7) is 7.73. The van der Waals surface area contributed by atoms with Crippen molar-refractivity contribution in [1.82, 2.24) is 0 Å². The zero-order valence-corrected chi connectivity index (χ0v) is 25.1. The third-order valence-corrected chi connectivity index (χ3v) is 8.10. The zero-order chi connectivity index (χ0) is 29.2. The summed E-state index contributed by atoms with van der Waals surface area (Å²) in [6, 6.07) is 42.3. The predicted molar refractivity (Wildman–Crippen MR) is 162 cm³/mol. The quantitative estimate of drug-likeness (QED) is 0.0941. The van der Waals surface area contributed by atoms with E-state index >= 15 is 0 Å². The Morgan fingerprint density at radius 2 is 1.05 bits per heavy atom. The molecule has 1 aliphatic carbocycles. The van der Waals surface area contributed by atoms with E-state index in [4.69, 9.17) is 14.2 Å². The van der Waals surface area contributed by atoms with Crippen molar-refractivity contribution in [2.45, 2.75) is 13.8 Å². The predicted octanol–water partition coefficient (Wildman–Crippen LogP) is 5.89. The summed E-state index contributed by atoms with van der Waals surface area (Å²) in [5, 5.41) is 4.19. The summed E-state index contributed by atoms with van der Waals surface area (Å²) >= 11 is 0. The Morgan fingerprint density at radius 1 is 0.707 bits per heavy atom. The van der Waals surface area contributed by atoms with Crippen molar-refractivity contribution in [3.05, 3.63) is 164 Å². The van der Waals surface area contributed by atoms with Gasteiger partial charge in [0.25, 0.3) is 0 Å². The van der Waals surface area contributed by atoms with Crippen LogP contribution in [0.4, 0.5) is 0 Å². The molecule has 0 amide bonds. The van der Waals surface area contributed by atoms with Crippen LogP contribution in [0.2, 0.25) is 0 Å². The smallest absolute Gasteiger partial charge is 0.0622 e. The molecule has 5 radical (unpaired) electrons. The van der Waals surface area contributed by atoms with Crippen molar-refractivity contribution in [2.24, 2.45) is 0 Å². The maximum Gasteiger partial charge on any atom is 2.00 e. The van der Waals surface area contributed by atoms with Gasteiger partial charge in [0.05, 0.1) is 13.0 Å². The van der Waals surface area contributed by atoms with E-state index in [2.05, 4.69) is 97.6 Å². The second-order valence-corrected chi connectivity index (χ2v) is 10.5. The van der Waals surface area contributed by atoms with Crippen molar-refractivity contribution in [1.29, 1.82) is 0 Å². The fourth-order valence-electron chi connectivity index (χ4n) is 3.93. The standard InChI is InChI=1S/C18H15P.C14H13O2.C2H3O.CO.Fe/c1-4-10-16(11-5-1)19(17-12-6-2-7-13-17)18-14-8-3-9-15-18;1-10-8-12(9-13(10)14(15)16-2)11-6-4-3-5-7-11;1-2-3;1-2;/h1-15H;3-9H,1-2H3;1H3;;/q;;-1;;+2. The van der Waals surface area contributed by atoms with Crippen molar-refractivity contribution in [3.8, 4) is 0 Å². The Balaban J connectivity index is 0.000000351. The first-order valence-electron chi connectivity index (χ1n) is 12.4. The van der Waals surface area contributed by atoms with Crippen LogP contribution in [0.15, 0.2) is 121 Å². The summed E-state index contributed by atoms with van der Waals surface area (Å²) in [6.07, 6.45) is 5.37. The second kappa shape index (κ2) is 20.6. The van der Waals surface area contributed by atoms with Gasteiger partial charge < -0.3 is 9.53 Å². The minimum absolute atomic E-state index is 0. The van der Waals surface area contributed by atoms with Crippen LogP contribution in [0.25, 0.3) is 0 Å². The first-order valence-corrected chi connectivity index (χ1v) is 13.8. The largest absolute Gasteiger partial charge is 2.00 e. The molecule has 0 aliphatic heterocycles. The van der Waals surface area contributed by atoms with Gasteiger partial charge in [-0.25, -0.2) is 0 Å². The Morgan fingerprint density at radius 3 is 1.39 bits per heavy atom. The summed E-state index contributed by atoms with van der Waals surface area (Å²) in [7, 11) is 0.954. The van der Waals surface area contributed by atoms with Crippen LogP contribution in [0, 0.1) is 37.2 Å². The second-order valence-electron chi connectivity index (χ2n) is 8.24. The summed E-state index contributed by atoms with van der Waals surface area (Å²) in [5.74, 6) is 2.37. The van der Waals surface area contributed by atoms with Crippen molar-refractivity contribution in [2.75, 3.05) is 7.11 Å². The molecule has 0 bridgehead atoms. The number of hydrogen-bond donors (Lipinski definition) is 0. The molecule has 1 fully saturated rings. The molecule has 4 aromatic rings. The van der Waals surface area contributed by atoms with Gasteiger partial charge in [-0.05, 0) is 48.2 Å². The topological polar surface area (TPSA) is 63.3 Å². The summed E-state index contributed by atoms with van der Waals surface area (Å²) in [5.41, 5.74) is 1.11. The van der Waals surface area contributed by atoms with Gasteiger partial charge >= 0.3 is 34.3 Å². The fourth-order valence-corrected chi connectivity index (χ4v) is 6.23. The molecular formula is C35H31FeO4P+. The molecule has 0 spiro atoms. The van der Waals surface area contributed by atoms with Crippen LogP contribution in [0.3, 0.4) is 0 Å². The molecule has 207 valence electrons. The summed E-state index contributed by atoms with van der Waals surface area (Å²) < 4.78 is 12.2. The van der Waals surface area contributed by atoms with Crippen LogP contribution < -0.4 is 15.9 Å². The van der Waals surface area contributed by atoms with Crippen LogP contribution in [0.5, 0.6) is 0 Å². The number of carbonyl (C=O) groups excluding carboxylic acids is 2. The molecule has 0 unspecified atom stereocenters. The minimum Gasteiger partial charge on any atom is -0.0622 e. The Kier molecular flexibility index (Phi) is 17.9. The first-order chi connectivity index (χ1) is 19.6. The van der Waals surface area contributed by atoms with Gasteiger partial charge in [0, 0.05) is 5.92 Å². The Labute approximate surface area is 256 Å². The molecule has 0 heterocycles. The average Bonchev–Trinajstić information content (AvgIpc) is 3.42. The summed E-state index contributed by atoms with van der Waals surface area (Å²) in [4.78, 5) is 20.1. The van der Waals surface area contributed by atoms with E-state index in [0.29, 0.717) is 5.92 Å². The number of esters is 1. The normalized spacial score (nSPS) is 12.6. The van der Waals surface area contributed by atoms with Crippen LogP contribution in [-0.2, 0) is 36.0 Å². The van der Waals surface area contributed by atoms with Crippen molar-refractivity contribution in [3.63, 3.8) is 0 Å². The van der Waals surface area contributed by atoms with E-state index in [1.54, 1.807) is 0 Å². The van der Waals surface area contributed by atoms with Gasteiger partial charge in [0.1, 0.15) is 0 Å². The molecular weight excluding hydrogens is 571 g/mol. The van der Waals surface area contributed by atoms with E-state index in [9.17, 15) is 4.79 Å². The molecule has 0 aromatic heterocycles.